The van der Waals surface area contributed by atoms with Gasteiger partial charge in [-0.3, -0.25) is 4.90 Å². The molecule has 2 atom stereocenters. The van der Waals surface area contributed by atoms with E-state index in [2.05, 4.69) is 35.3 Å². The molecule has 7 nitrogen and oxygen atoms in total. The fraction of sp³-hybridized carbons (Fsp3) is 0.578. The van der Waals surface area contributed by atoms with Crippen LogP contribution in [0.15, 0.2) is 30.3 Å². The molecule has 9 heteroatoms. The average molecular weight is 745 g/mol. The van der Waals surface area contributed by atoms with Gasteiger partial charge in [0.2, 0.25) is 0 Å². The van der Waals surface area contributed by atoms with Gasteiger partial charge in [0.15, 0.2) is 5.82 Å². The van der Waals surface area contributed by atoms with Crippen molar-refractivity contribution in [3.05, 3.63) is 53.2 Å². The maximum atomic E-state index is 17.0. The van der Waals surface area contributed by atoms with Crippen LogP contribution in [0.25, 0.3) is 32.9 Å². The number of ether oxygens (including phenoxy) is 1. The third-order valence-corrected chi connectivity index (χ3v) is 10.4. The average Bonchev–Trinajstić information content (AvgIpc) is 3.77. The predicted molar refractivity (Wildman–Crippen MR) is 225 cm³/mol. The van der Waals surface area contributed by atoms with E-state index in [9.17, 15) is 4.39 Å². The lowest BCUT2D eigenvalue weighted by Gasteiger charge is -2.31. The number of pyridine rings is 1. The molecule has 0 saturated carbocycles. The quantitative estimate of drug-likeness (QED) is 0.124. The zero-order chi connectivity index (χ0) is 39.8. The third-order valence-electron chi connectivity index (χ3n) is 10.4. The standard InChI is InChI=1S/C37H42F2N6O.4C2H6/c1-4-7-17-40-21-25-20-23(5-2)32-30-34(43-36(44-35(30)41-25)46-22-37-15-9-18-45(37)19-10-16-37)31(39)33(42-32)27-12-8-11-24-13-14-28(38)26(6-3)29(24)27;4*1-2/h3,8,11-14,23,25,40H,4-5,7,9-10,15-22H2,1-2H3,(H,41,43,44);4*1-2H3. The molecule has 0 aliphatic carbocycles. The summed E-state index contributed by atoms with van der Waals surface area (Å²) in [6, 6.07) is 8.66. The number of hydrogen-bond acceptors (Lipinski definition) is 7. The third kappa shape index (κ3) is 9.32. The zero-order valence-electron chi connectivity index (χ0n) is 34.8. The predicted octanol–water partition coefficient (Wildman–Crippen LogP) is 11.3. The van der Waals surface area contributed by atoms with Crippen molar-refractivity contribution in [3.8, 4) is 29.6 Å². The second kappa shape index (κ2) is 21.9. The summed E-state index contributed by atoms with van der Waals surface area (Å²) in [6.07, 6.45) is 14.1. The first kappa shape index (κ1) is 44.5. The summed E-state index contributed by atoms with van der Waals surface area (Å²) in [6.45, 7) is 24.6. The molecule has 3 aliphatic rings. The Hall–Kier alpha value is -3.87. The zero-order valence-corrected chi connectivity index (χ0v) is 34.8. The Morgan fingerprint density at radius 3 is 2.30 bits per heavy atom. The van der Waals surface area contributed by atoms with E-state index >= 15 is 4.39 Å². The van der Waals surface area contributed by atoms with Gasteiger partial charge in [0, 0.05) is 29.5 Å². The highest BCUT2D eigenvalue weighted by Gasteiger charge is 2.45. The number of halogens is 2. The molecule has 2 saturated heterocycles. The highest BCUT2D eigenvalue weighted by atomic mass is 19.1. The molecule has 54 heavy (non-hydrogen) atoms. The number of nitrogens with zero attached hydrogens (tertiary/aromatic N) is 4. The van der Waals surface area contributed by atoms with Crippen LogP contribution in [0.2, 0.25) is 0 Å². The fourth-order valence-corrected chi connectivity index (χ4v) is 7.95. The molecule has 0 radical (unpaired) electrons. The molecule has 2 aromatic carbocycles. The van der Waals surface area contributed by atoms with Crippen LogP contribution < -0.4 is 15.4 Å². The van der Waals surface area contributed by atoms with Crippen molar-refractivity contribution in [1.82, 2.24) is 25.2 Å². The first-order valence-corrected chi connectivity index (χ1v) is 20.9. The Morgan fingerprint density at radius 1 is 0.944 bits per heavy atom. The Balaban J connectivity index is 0.000000921. The van der Waals surface area contributed by atoms with Crippen molar-refractivity contribution >= 4 is 27.5 Å². The van der Waals surface area contributed by atoms with Crippen LogP contribution in [0, 0.1) is 24.0 Å². The number of unbranched alkanes of at least 4 members (excludes halogenated alkanes) is 1. The molecule has 3 aliphatic heterocycles. The largest absolute Gasteiger partial charge is 0.461 e. The van der Waals surface area contributed by atoms with Crippen molar-refractivity contribution in [2.24, 2.45) is 0 Å². The van der Waals surface area contributed by atoms with Gasteiger partial charge in [-0.25, -0.2) is 13.8 Å². The highest BCUT2D eigenvalue weighted by molar-refractivity contribution is 6.02. The molecule has 0 amide bonds. The van der Waals surface area contributed by atoms with Crippen LogP contribution in [-0.4, -0.2) is 64.2 Å². The number of nitrogens with one attached hydrogen (secondary N) is 2. The second-order valence-corrected chi connectivity index (χ2v) is 13.2. The molecule has 0 spiro atoms. The maximum absolute atomic E-state index is 17.0. The molecule has 2 fully saturated rings. The van der Waals surface area contributed by atoms with Gasteiger partial charge < -0.3 is 15.4 Å². The van der Waals surface area contributed by atoms with Gasteiger partial charge in [0.05, 0.1) is 22.2 Å². The summed E-state index contributed by atoms with van der Waals surface area (Å²) in [5, 5.41) is 8.99. The molecular formula is C45H66F2N6O. The van der Waals surface area contributed by atoms with Crippen molar-refractivity contribution in [1.29, 1.82) is 0 Å². The molecule has 2 N–H and O–H groups in total. The normalized spacial score (nSPS) is 17.8. The molecule has 296 valence electrons. The lowest BCUT2D eigenvalue weighted by atomic mass is 9.91. The molecule has 4 aromatic rings. The van der Waals surface area contributed by atoms with Crippen LogP contribution in [0.3, 0.4) is 0 Å². The number of hydrogen-bond donors (Lipinski definition) is 2. The monoisotopic (exact) mass is 745 g/mol. The lowest BCUT2D eigenvalue weighted by Crippen LogP contribution is -2.43. The summed E-state index contributed by atoms with van der Waals surface area (Å²) in [5.74, 6) is 1.95. The highest BCUT2D eigenvalue weighted by Crippen LogP contribution is 2.43. The topological polar surface area (TPSA) is 75.2 Å². The molecule has 5 heterocycles. The van der Waals surface area contributed by atoms with Gasteiger partial charge in [0.25, 0.3) is 0 Å². The first-order chi connectivity index (χ1) is 26.5. The van der Waals surface area contributed by atoms with Crippen LogP contribution in [0.5, 0.6) is 6.01 Å². The van der Waals surface area contributed by atoms with Crippen molar-refractivity contribution in [3.63, 3.8) is 0 Å². The number of fused-ring (bicyclic) bond motifs is 2. The van der Waals surface area contributed by atoms with Gasteiger partial charge in [-0.2, -0.15) is 9.97 Å². The van der Waals surface area contributed by atoms with E-state index in [0.29, 0.717) is 28.8 Å². The van der Waals surface area contributed by atoms with E-state index < -0.39 is 11.6 Å². The fourth-order valence-electron chi connectivity index (χ4n) is 7.95. The first-order valence-electron chi connectivity index (χ1n) is 20.9. The minimum Gasteiger partial charge on any atom is -0.461 e. The number of aromatic nitrogens is 3. The van der Waals surface area contributed by atoms with E-state index in [1.54, 1.807) is 12.1 Å². The minimum absolute atomic E-state index is 0.00926. The summed E-state index contributed by atoms with van der Waals surface area (Å²) < 4.78 is 38.4. The van der Waals surface area contributed by atoms with Gasteiger partial charge in [-0.1, -0.05) is 106 Å². The summed E-state index contributed by atoms with van der Waals surface area (Å²) >= 11 is 0. The summed E-state index contributed by atoms with van der Waals surface area (Å²) in [4.78, 5) is 17.2. The summed E-state index contributed by atoms with van der Waals surface area (Å²) in [5.41, 5.74) is 1.54. The van der Waals surface area contributed by atoms with Crippen molar-refractivity contribution in [2.45, 2.75) is 138 Å². The lowest BCUT2D eigenvalue weighted by molar-refractivity contribution is 0.108. The second-order valence-electron chi connectivity index (χ2n) is 13.2. The van der Waals surface area contributed by atoms with E-state index in [4.69, 9.17) is 26.1 Å². The molecule has 2 unspecified atom stereocenters. The number of rotatable bonds is 10. The van der Waals surface area contributed by atoms with Crippen LogP contribution in [0.1, 0.15) is 138 Å². The van der Waals surface area contributed by atoms with Crippen LogP contribution in [-0.2, 0) is 0 Å². The molecular weight excluding hydrogens is 679 g/mol. The van der Waals surface area contributed by atoms with Crippen molar-refractivity contribution in [2.75, 3.05) is 38.1 Å². The van der Waals surface area contributed by atoms with Crippen LogP contribution >= 0.6 is 0 Å². The van der Waals surface area contributed by atoms with E-state index in [1.165, 1.54) is 6.07 Å². The minimum atomic E-state index is -0.593. The Bertz CT molecular complexity index is 1810. The van der Waals surface area contributed by atoms with E-state index in [0.717, 1.165) is 88.6 Å². The van der Waals surface area contributed by atoms with E-state index in [1.807, 2.05) is 67.5 Å². The molecule has 2 aromatic heterocycles. The van der Waals surface area contributed by atoms with Gasteiger partial charge in [-0.05, 0) is 76.0 Å². The Morgan fingerprint density at radius 2 is 1.65 bits per heavy atom. The van der Waals surface area contributed by atoms with Gasteiger partial charge in [-0.15, -0.1) is 6.42 Å². The summed E-state index contributed by atoms with van der Waals surface area (Å²) in [7, 11) is 0. The number of anilines is 1. The number of terminal acetylenes is 1. The van der Waals surface area contributed by atoms with Crippen molar-refractivity contribution < 1.29 is 13.5 Å². The number of benzene rings is 2. The van der Waals surface area contributed by atoms with E-state index in [-0.39, 0.29) is 40.3 Å². The molecule has 0 bridgehead atoms. The Kier molecular flexibility index (Phi) is 18.0. The van der Waals surface area contributed by atoms with Gasteiger partial charge >= 0.3 is 6.01 Å². The molecule has 7 rings (SSSR count). The SMILES string of the molecule is C#Cc1c(F)ccc2cccc(-c3nc4c5c(nc(OCC67CCCN6CCC7)nc5c3F)NC(CNCCCC)CC4CC)c12.CC.CC.CC.CC. The van der Waals surface area contributed by atoms with Crippen LogP contribution in [0.4, 0.5) is 14.6 Å². The van der Waals surface area contributed by atoms with Gasteiger partial charge in [0.1, 0.15) is 29.5 Å². The smallest absolute Gasteiger partial charge is 0.319 e. The maximum Gasteiger partial charge on any atom is 0.319 e. The Labute approximate surface area is 324 Å².